The van der Waals surface area contributed by atoms with Gasteiger partial charge in [-0.1, -0.05) is 0 Å². The Morgan fingerprint density at radius 3 is 2.56 bits per heavy atom. The molecule has 0 saturated carbocycles. The number of nitrogens with zero attached hydrogens (tertiary/aromatic N) is 4. The molecule has 2 aromatic rings. The lowest BCUT2D eigenvalue weighted by Gasteiger charge is -2.07. The molecule has 2 rings (SSSR count). The summed E-state index contributed by atoms with van der Waals surface area (Å²) in [7, 11) is 0. The van der Waals surface area contributed by atoms with Crippen molar-refractivity contribution in [1.29, 1.82) is 0 Å². The first-order chi connectivity index (χ1) is 7.72. The molecule has 6 heteroatoms. The Balaban J connectivity index is 2.38. The zero-order valence-electron chi connectivity index (χ0n) is 9.16. The number of aromatic nitrogens is 4. The Bertz CT molecular complexity index is 462. The minimum absolute atomic E-state index is 0.185. The van der Waals surface area contributed by atoms with E-state index < -0.39 is 0 Å². The van der Waals surface area contributed by atoms with Crippen molar-refractivity contribution in [2.24, 2.45) is 5.73 Å². The molecule has 0 saturated heterocycles. The number of benzene rings is 1. The van der Waals surface area contributed by atoms with E-state index in [2.05, 4.69) is 15.5 Å². The van der Waals surface area contributed by atoms with Gasteiger partial charge in [0, 0.05) is 4.90 Å². The third-order valence-electron chi connectivity index (χ3n) is 2.22. The van der Waals surface area contributed by atoms with Gasteiger partial charge in [-0.3, -0.25) is 0 Å². The monoisotopic (exact) mass is 235 g/mol. The van der Waals surface area contributed by atoms with Crippen LogP contribution >= 0.6 is 11.8 Å². The fourth-order valence-corrected chi connectivity index (χ4v) is 1.79. The summed E-state index contributed by atoms with van der Waals surface area (Å²) in [4.78, 5) is 1.21. The summed E-state index contributed by atoms with van der Waals surface area (Å²) in [5.41, 5.74) is 6.71. The maximum absolute atomic E-state index is 5.78. The van der Waals surface area contributed by atoms with Crippen molar-refractivity contribution in [1.82, 2.24) is 20.2 Å². The number of tetrazole rings is 1. The van der Waals surface area contributed by atoms with Crippen LogP contribution in [0.5, 0.6) is 0 Å². The highest BCUT2D eigenvalue weighted by Crippen LogP contribution is 2.18. The van der Waals surface area contributed by atoms with Crippen LogP contribution in [0.15, 0.2) is 29.2 Å². The molecular weight excluding hydrogens is 222 g/mol. The third kappa shape index (κ3) is 2.07. The molecule has 84 valence electrons. The fourth-order valence-electron chi connectivity index (χ4n) is 1.39. The van der Waals surface area contributed by atoms with Gasteiger partial charge in [-0.15, -0.1) is 16.9 Å². The van der Waals surface area contributed by atoms with E-state index in [4.69, 9.17) is 5.73 Å². The van der Waals surface area contributed by atoms with Crippen molar-refractivity contribution in [2.75, 3.05) is 6.26 Å². The van der Waals surface area contributed by atoms with Gasteiger partial charge < -0.3 is 5.73 Å². The summed E-state index contributed by atoms with van der Waals surface area (Å²) in [6.07, 6.45) is 2.04. The molecule has 0 aliphatic rings. The molecule has 5 nitrogen and oxygen atoms in total. The predicted molar refractivity (Wildman–Crippen MR) is 63.5 cm³/mol. The second-order valence-corrected chi connectivity index (χ2v) is 4.32. The summed E-state index contributed by atoms with van der Waals surface area (Å²) >= 11 is 1.70. The Morgan fingerprint density at radius 1 is 1.31 bits per heavy atom. The maximum atomic E-state index is 5.78. The van der Waals surface area contributed by atoms with Crippen LogP contribution in [0.1, 0.15) is 18.8 Å². The lowest BCUT2D eigenvalue weighted by atomic mass is 10.3. The van der Waals surface area contributed by atoms with Crippen LogP contribution in [0.4, 0.5) is 0 Å². The summed E-state index contributed by atoms with van der Waals surface area (Å²) < 4.78 is 1.66. The van der Waals surface area contributed by atoms with Crippen LogP contribution in [-0.4, -0.2) is 26.5 Å². The molecule has 1 atom stereocenters. The van der Waals surface area contributed by atoms with Crippen LogP contribution < -0.4 is 5.73 Å². The van der Waals surface area contributed by atoms with Crippen LogP contribution in [-0.2, 0) is 0 Å². The van der Waals surface area contributed by atoms with Gasteiger partial charge >= 0.3 is 0 Å². The molecule has 0 aliphatic heterocycles. The van der Waals surface area contributed by atoms with E-state index in [1.165, 1.54) is 4.90 Å². The van der Waals surface area contributed by atoms with E-state index >= 15 is 0 Å². The molecule has 1 aromatic heterocycles. The topological polar surface area (TPSA) is 69.6 Å². The Kier molecular flexibility index (Phi) is 3.21. The minimum atomic E-state index is -0.185. The first kappa shape index (κ1) is 11.1. The first-order valence-electron chi connectivity index (χ1n) is 4.90. The average Bonchev–Trinajstić information content (AvgIpc) is 2.78. The summed E-state index contributed by atoms with van der Waals surface area (Å²) in [6.45, 7) is 1.86. The normalized spacial score (nSPS) is 12.7. The van der Waals surface area contributed by atoms with E-state index in [-0.39, 0.29) is 6.04 Å². The predicted octanol–water partition coefficient (Wildman–Crippen LogP) is 1.40. The van der Waals surface area contributed by atoms with Gasteiger partial charge in [-0.05, 0) is 47.9 Å². The molecule has 0 amide bonds. The van der Waals surface area contributed by atoms with Crippen LogP contribution in [0.25, 0.3) is 5.69 Å². The highest BCUT2D eigenvalue weighted by Gasteiger charge is 2.11. The molecular formula is C10H13N5S. The lowest BCUT2D eigenvalue weighted by Crippen LogP contribution is -2.13. The molecule has 2 N–H and O–H groups in total. The van der Waals surface area contributed by atoms with Crippen molar-refractivity contribution < 1.29 is 0 Å². The van der Waals surface area contributed by atoms with Crippen molar-refractivity contribution in [2.45, 2.75) is 17.9 Å². The molecule has 0 radical (unpaired) electrons. The number of nitrogens with two attached hydrogens (primary N) is 1. The molecule has 0 spiro atoms. The van der Waals surface area contributed by atoms with Crippen molar-refractivity contribution in [3.63, 3.8) is 0 Å². The minimum Gasteiger partial charge on any atom is -0.321 e. The molecule has 1 aromatic carbocycles. The molecule has 16 heavy (non-hydrogen) atoms. The number of rotatable bonds is 3. The van der Waals surface area contributed by atoms with Crippen LogP contribution in [0.2, 0.25) is 0 Å². The van der Waals surface area contributed by atoms with Gasteiger partial charge in [0.2, 0.25) is 0 Å². The maximum Gasteiger partial charge on any atom is 0.173 e. The van der Waals surface area contributed by atoms with E-state index in [0.29, 0.717) is 5.82 Å². The highest BCUT2D eigenvalue weighted by atomic mass is 32.2. The molecule has 0 aliphatic carbocycles. The largest absolute Gasteiger partial charge is 0.321 e. The number of thioether (sulfide) groups is 1. The number of hydrogen-bond donors (Lipinski definition) is 1. The second-order valence-electron chi connectivity index (χ2n) is 3.44. The Morgan fingerprint density at radius 2 is 2.00 bits per heavy atom. The Hall–Kier alpha value is -1.40. The highest BCUT2D eigenvalue weighted by molar-refractivity contribution is 7.98. The fraction of sp³-hybridized carbons (Fsp3) is 0.300. The van der Waals surface area contributed by atoms with Gasteiger partial charge in [0.05, 0.1) is 11.7 Å². The van der Waals surface area contributed by atoms with Crippen LogP contribution in [0.3, 0.4) is 0 Å². The second kappa shape index (κ2) is 4.63. The Labute approximate surface area is 98.0 Å². The van der Waals surface area contributed by atoms with E-state index in [1.54, 1.807) is 16.4 Å². The molecule has 0 bridgehead atoms. The molecule has 0 fully saturated rings. The average molecular weight is 235 g/mol. The number of hydrogen-bond acceptors (Lipinski definition) is 5. The van der Waals surface area contributed by atoms with Gasteiger partial charge in [-0.25, -0.2) is 0 Å². The summed E-state index contributed by atoms with van der Waals surface area (Å²) in [5, 5.41) is 11.5. The van der Waals surface area contributed by atoms with Gasteiger partial charge in [0.25, 0.3) is 0 Å². The van der Waals surface area contributed by atoms with E-state index in [1.807, 2.05) is 37.4 Å². The van der Waals surface area contributed by atoms with E-state index in [0.717, 1.165) is 5.69 Å². The summed E-state index contributed by atoms with van der Waals surface area (Å²) in [5.74, 6) is 0.664. The van der Waals surface area contributed by atoms with Gasteiger partial charge in [0.1, 0.15) is 0 Å². The first-order valence-corrected chi connectivity index (χ1v) is 6.13. The van der Waals surface area contributed by atoms with Crippen molar-refractivity contribution in [3.8, 4) is 5.69 Å². The van der Waals surface area contributed by atoms with Crippen LogP contribution in [0, 0.1) is 0 Å². The zero-order valence-corrected chi connectivity index (χ0v) is 9.98. The van der Waals surface area contributed by atoms with Gasteiger partial charge in [-0.2, -0.15) is 4.68 Å². The lowest BCUT2D eigenvalue weighted by molar-refractivity contribution is 0.688. The van der Waals surface area contributed by atoms with Crippen molar-refractivity contribution >= 4 is 11.8 Å². The smallest absolute Gasteiger partial charge is 0.173 e. The molecule has 1 unspecified atom stereocenters. The zero-order chi connectivity index (χ0) is 11.5. The third-order valence-corrected chi connectivity index (χ3v) is 2.96. The SMILES string of the molecule is CSc1ccc(-n2nnnc2C(C)N)cc1. The van der Waals surface area contributed by atoms with Crippen molar-refractivity contribution in [3.05, 3.63) is 30.1 Å². The quantitative estimate of drug-likeness (QED) is 0.814. The van der Waals surface area contributed by atoms with Gasteiger partial charge in [0.15, 0.2) is 5.82 Å². The molecule has 1 heterocycles. The summed E-state index contributed by atoms with van der Waals surface area (Å²) in [6, 6.07) is 7.84. The standard InChI is InChI=1S/C10H13N5S/c1-7(11)10-12-13-14-15(10)8-3-5-9(16-2)6-4-8/h3-7H,11H2,1-2H3. The van der Waals surface area contributed by atoms with E-state index in [9.17, 15) is 0 Å².